The maximum absolute atomic E-state index is 11.8. The number of halogens is 1. The van der Waals surface area contributed by atoms with Crippen molar-refractivity contribution in [3.63, 3.8) is 0 Å². The highest BCUT2D eigenvalue weighted by Gasteiger charge is 2.06. The van der Waals surface area contributed by atoms with Crippen LogP contribution in [-0.4, -0.2) is 27.0 Å². The van der Waals surface area contributed by atoms with Gasteiger partial charge in [-0.15, -0.1) is 12.4 Å². The number of carbonyl (C=O) groups excluding carboxylic acids is 1. The number of rotatable bonds is 7. The number of anilines is 1. The number of nitrogens with one attached hydrogen (secondary N) is 1. The van der Waals surface area contributed by atoms with Gasteiger partial charge in [0.1, 0.15) is 5.82 Å². The summed E-state index contributed by atoms with van der Waals surface area (Å²) in [5, 5.41) is 6.98. The Labute approximate surface area is 124 Å². The third kappa shape index (κ3) is 4.47. The second kappa shape index (κ2) is 8.50. The van der Waals surface area contributed by atoms with Gasteiger partial charge in [0.05, 0.1) is 6.20 Å². The summed E-state index contributed by atoms with van der Waals surface area (Å²) >= 11 is 0. The first-order valence-corrected chi connectivity index (χ1v) is 6.60. The zero-order valence-electron chi connectivity index (χ0n) is 11.3. The molecule has 0 bridgehead atoms. The zero-order valence-corrected chi connectivity index (χ0v) is 12.1. The highest BCUT2D eigenvalue weighted by molar-refractivity contribution is 5.90. The van der Waals surface area contributed by atoms with E-state index in [1.54, 1.807) is 29.0 Å². The second-order valence-corrected chi connectivity index (χ2v) is 4.43. The number of nitrogens with two attached hydrogens (primary N) is 1. The molecule has 2 aromatic rings. The normalized spacial score (nSPS) is 10.2. The standard InChI is InChI=1S/C13H19N5O.ClH/c14-8-4-2-1-3-5-13(19)17-12-6-9-15-11-7-10-16-18(11)12;/h6-7,9-10H,1-5,8,14H2,(H,17,19);1H. The number of fused-ring (bicyclic) bond motifs is 1. The summed E-state index contributed by atoms with van der Waals surface area (Å²) < 4.78 is 1.62. The highest BCUT2D eigenvalue weighted by Crippen LogP contribution is 2.10. The van der Waals surface area contributed by atoms with Crippen LogP contribution in [0.4, 0.5) is 5.82 Å². The van der Waals surface area contributed by atoms with Crippen molar-refractivity contribution in [1.82, 2.24) is 14.6 Å². The van der Waals surface area contributed by atoms with E-state index >= 15 is 0 Å². The van der Waals surface area contributed by atoms with Gasteiger partial charge in [-0.1, -0.05) is 12.8 Å². The van der Waals surface area contributed by atoms with Crippen LogP contribution in [0.5, 0.6) is 0 Å². The van der Waals surface area contributed by atoms with E-state index in [4.69, 9.17) is 5.73 Å². The summed E-state index contributed by atoms with van der Waals surface area (Å²) in [4.78, 5) is 16.0. The predicted octanol–water partition coefficient (Wildman–Crippen LogP) is 2.00. The van der Waals surface area contributed by atoms with Crippen LogP contribution in [0.15, 0.2) is 24.5 Å². The van der Waals surface area contributed by atoms with Gasteiger partial charge in [0, 0.05) is 18.7 Å². The molecule has 6 nitrogen and oxygen atoms in total. The molecule has 0 unspecified atom stereocenters. The van der Waals surface area contributed by atoms with Crippen LogP contribution in [0.1, 0.15) is 32.1 Å². The molecule has 0 saturated carbocycles. The van der Waals surface area contributed by atoms with Gasteiger partial charge in [0.2, 0.25) is 5.91 Å². The van der Waals surface area contributed by atoms with Crippen molar-refractivity contribution < 1.29 is 4.79 Å². The van der Waals surface area contributed by atoms with E-state index in [-0.39, 0.29) is 18.3 Å². The first-order valence-electron chi connectivity index (χ1n) is 6.60. The van der Waals surface area contributed by atoms with Gasteiger partial charge in [-0.3, -0.25) is 4.79 Å². The summed E-state index contributed by atoms with van der Waals surface area (Å²) in [5.41, 5.74) is 6.14. The van der Waals surface area contributed by atoms with Crippen LogP contribution in [0.25, 0.3) is 5.65 Å². The monoisotopic (exact) mass is 297 g/mol. The van der Waals surface area contributed by atoms with Crippen molar-refractivity contribution in [3.05, 3.63) is 24.5 Å². The molecule has 110 valence electrons. The SMILES string of the molecule is Cl.NCCCCCCC(=O)Nc1ccnc2ccnn12. The molecule has 2 heterocycles. The Bertz CT molecular complexity index is 542. The molecular weight excluding hydrogens is 278 g/mol. The maximum atomic E-state index is 11.8. The van der Waals surface area contributed by atoms with Gasteiger partial charge in [-0.2, -0.15) is 9.61 Å². The number of hydrogen-bond donors (Lipinski definition) is 2. The lowest BCUT2D eigenvalue weighted by molar-refractivity contribution is -0.116. The average molecular weight is 298 g/mol. The van der Waals surface area contributed by atoms with E-state index in [2.05, 4.69) is 15.4 Å². The van der Waals surface area contributed by atoms with E-state index in [1.165, 1.54) is 0 Å². The molecular formula is C13H20ClN5O. The molecule has 1 amide bonds. The largest absolute Gasteiger partial charge is 0.330 e. The van der Waals surface area contributed by atoms with Crippen LogP contribution in [0.3, 0.4) is 0 Å². The van der Waals surface area contributed by atoms with E-state index in [0.717, 1.165) is 37.9 Å². The summed E-state index contributed by atoms with van der Waals surface area (Å²) in [6, 6.07) is 3.54. The molecule has 20 heavy (non-hydrogen) atoms. The van der Waals surface area contributed by atoms with Gasteiger partial charge in [0.15, 0.2) is 5.65 Å². The summed E-state index contributed by atoms with van der Waals surface area (Å²) in [7, 11) is 0. The Kier molecular flexibility index (Phi) is 6.97. The molecule has 2 aromatic heterocycles. The predicted molar refractivity (Wildman–Crippen MR) is 81.0 cm³/mol. The molecule has 0 aromatic carbocycles. The first kappa shape index (κ1) is 16.4. The van der Waals surface area contributed by atoms with Crippen molar-refractivity contribution in [2.24, 2.45) is 5.73 Å². The lowest BCUT2D eigenvalue weighted by Crippen LogP contribution is -2.14. The lowest BCUT2D eigenvalue weighted by atomic mass is 10.1. The van der Waals surface area contributed by atoms with Crippen molar-refractivity contribution in [1.29, 1.82) is 0 Å². The zero-order chi connectivity index (χ0) is 13.5. The number of aromatic nitrogens is 3. The molecule has 0 atom stereocenters. The molecule has 0 saturated heterocycles. The number of hydrogen-bond acceptors (Lipinski definition) is 4. The lowest BCUT2D eigenvalue weighted by Gasteiger charge is -2.06. The molecule has 0 fully saturated rings. The second-order valence-electron chi connectivity index (χ2n) is 4.43. The third-order valence-corrected chi connectivity index (χ3v) is 2.92. The van der Waals surface area contributed by atoms with Crippen LogP contribution in [-0.2, 0) is 4.79 Å². The van der Waals surface area contributed by atoms with Gasteiger partial charge < -0.3 is 11.1 Å². The molecule has 3 N–H and O–H groups in total. The van der Waals surface area contributed by atoms with Crippen molar-refractivity contribution in [2.45, 2.75) is 32.1 Å². The Morgan fingerprint density at radius 2 is 2.00 bits per heavy atom. The van der Waals surface area contributed by atoms with Crippen LogP contribution in [0.2, 0.25) is 0 Å². The summed E-state index contributed by atoms with van der Waals surface area (Å²) in [5.74, 6) is 0.665. The topological polar surface area (TPSA) is 85.3 Å². The summed E-state index contributed by atoms with van der Waals surface area (Å²) in [6.07, 6.45) is 7.88. The van der Waals surface area contributed by atoms with Crippen LogP contribution >= 0.6 is 12.4 Å². The third-order valence-electron chi connectivity index (χ3n) is 2.92. The summed E-state index contributed by atoms with van der Waals surface area (Å²) in [6.45, 7) is 0.723. The highest BCUT2D eigenvalue weighted by atomic mass is 35.5. The molecule has 0 aliphatic carbocycles. The van der Waals surface area contributed by atoms with E-state index < -0.39 is 0 Å². The van der Waals surface area contributed by atoms with E-state index in [0.29, 0.717) is 12.2 Å². The molecule has 2 rings (SSSR count). The quantitative estimate of drug-likeness (QED) is 0.765. The molecule has 7 heteroatoms. The van der Waals surface area contributed by atoms with Gasteiger partial charge in [0.25, 0.3) is 0 Å². The minimum absolute atomic E-state index is 0. The fourth-order valence-corrected chi connectivity index (χ4v) is 1.92. The average Bonchev–Trinajstić information content (AvgIpc) is 2.88. The fraction of sp³-hybridized carbons (Fsp3) is 0.462. The van der Waals surface area contributed by atoms with Gasteiger partial charge in [-0.05, 0) is 25.5 Å². The van der Waals surface area contributed by atoms with Crippen LogP contribution < -0.4 is 11.1 Å². The Balaban J connectivity index is 0.00000200. The van der Waals surface area contributed by atoms with Crippen molar-refractivity contribution in [2.75, 3.05) is 11.9 Å². The van der Waals surface area contributed by atoms with Crippen molar-refractivity contribution in [3.8, 4) is 0 Å². The minimum atomic E-state index is 0. The Morgan fingerprint density at radius 3 is 2.80 bits per heavy atom. The minimum Gasteiger partial charge on any atom is -0.330 e. The molecule has 0 spiro atoms. The van der Waals surface area contributed by atoms with Crippen molar-refractivity contribution >= 4 is 29.8 Å². The van der Waals surface area contributed by atoms with E-state index in [9.17, 15) is 4.79 Å². The molecule has 0 aliphatic rings. The smallest absolute Gasteiger partial charge is 0.225 e. The van der Waals surface area contributed by atoms with Gasteiger partial charge in [-0.25, -0.2) is 4.98 Å². The Hall–Kier alpha value is -1.66. The first-order chi connectivity index (χ1) is 9.31. The molecule has 0 aliphatic heterocycles. The van der Waals surface area contributed by atoms with Crippen LogP contribution in [0, 0.1) is 0 Å². The number of amides is 1. The van der Waals surface area contributed by atoms with Gasteiger partial charge >= 0.3 is 0 Å². The fourth-order valence-electron chi connectivity index (χ4n) is 1.92. The number of carbonyl (C=O) groups is 1. The van der Waals surface area contributed by atoms with E-state index in [1.807, 2.05) is 0 Å². The number of nitrogens with zero attached hydrogens (tertiary/aromatic N) is 3. The number of unbranched alkanes of at least 4 members (excludes halogenated alkanes) is 3. The Morgan fingerprint density at radius 1 is 1.20 bits per heavy atom. The maximum Gasteiger partial charge on any atom is 0.225 e. The molecule has 0 radical (unpaired) electrons.